The first-order valence-electron chi connectivity index (χ1n) is 6.19. The van der Waals surface area contributed by atoms with Crippen molar-refractivity contribution in [2.24, 2.45) is 5.73 Å². The van der Waals surface area contributed by atoms with Crippen LogP contribution in [0, 0.1) is 3.57 Å². The molecular formula is C13H19ClIN3O. The number of nitrogens with zero attached hydrogens (tertiary/aromatic N) is 1. The quantitative estimate of drug-likeness (QED) is 0.768. The minimum Gasteiger partial charge on any atom is -0.329 e. The van der Waals surface area contributed by atoms with E-state index in [0.717, 1.165) is 28.6 Å². The fourth-order valence-corrected chi connectivity index (χ4v) is 2.83. The Morgan fingerprint density at radius 2 is 2.21 bits per heavy atom. The van der Waals surface area contributed by atoms with Crippen LogP contribution in [-0.4, -0.2) is 36.5 Å². The highest BCUT2D eigenvalue weighted by molar-refractivity contribution is 14.1. The van der Waals surface area contributed by atoms with Gasteiger partial charge in [-0.25, -0.2) is 0 Å². The van der Waals surface area contributed by atoms with Gasteiger partial charge in [0.25, 0.3) is 0 Å². The molecule has 1 fully saturated rings. The van der Waals surface area contributed by atoms with E-state index in [4.69, 9.17) is 5.73 Å². The van der Waals surface area contributed by atoms with Gasteiger partial charge < -0.3 is 11.1 Å². The molecule has 0 aliphatic carbocycles. The zero-order valence-corrected chi connectivity index (χ0v) is 13.6. The van der Waals surface area contributed by atoms with Crippen molar-refractivity contribution in [3.63, 3.8) is 0 Å². The minimum atomic E-state index is 0. The van der Waals surface area contributed by atoms with Gasteiger partial charge in [-0.2, -0.15) is 0 Å². The van der Waals surface area contributed by atoms with Gasteiger partial charge in [0.05, 0.1) is 12.2 Å². The first-order chi connectivity index (χ1) is 8.70. The van der Waals surface area contributed by atoms with Crippen LogP contribution in [0.1, 0.15) is 12.8 Å². The summed E-state index contributed by atoms with van der Waals surface area (Å²) in [5, 5.41) is 2.95. The summed E-state index contributed by atoms with van der Waals surface area (Å²) < 4.78 is 1.06. The summed E-state index contributed by atoms with van der Waals surface area (Å²) in [4.78, 5) is 14.2. The summed E-state index contributed by atoms with van der Waals surface area (Å²) in [5.74, 6) is 0.0412. The molecule has 1 saturated heterocycles. The number of rotatable bonds is 4. The van der Waals surface area contributed by atoms with E-state index in [-0.39, 0.29) is 18.3 Å². The van der Waals surface area contributed by atoms with Gasteiger partial charge in [0.2, 0.25) is 5.91 Å². The van der Waals surface area contributed by atoms with Crippen molar-refractivity contribution in [3.05, 3.63) is 27.8 Å². The highest BCUT2D eigenvalue weighted by atomic mass is 127. The molecule has 1 heterocycles. The van der Waals surface area contributed by atoms with Gasteiger partial charge in [-0.15, -0.1) is 12.4 Å². The Bertz CT molecular complexity index is 430. The molecule has 0 aromatic heterocycles. The normalized spacial score (nSPS) is 18.9. The number of hydrogen-bond acceptors (Lipinski definition) is 3. The van der Waals surface area contributed by atoms with E-state index in [1.807, 2.05) is 24.3 Å². The number of halogens is 2. The molecule has 1 aliphatic heterocycles. The molecule has 1 aromatic rings. The molecule has 1 atom stereocenters. The molecular weight excluding hydrogens is 377 g/mol. The molecule has 1 aliphatic rings. The van der Waals surface area contributed by atoms with Gasteiger partial charge in [0.1, 0.15) is 0 Å². The number of para-hydroxylation sites is 1. The van der Waals surface area contributed by atoms with Crippen LogP contribution in [0.25, 0.3) is 0 Å². The molecule has 4 nitrogen and oxygen atoms in total. The van der Waals surface area contributed by atoms with Crippen LogP contribution in [0.2, 0.25) is 0 Å². The highest BCUT2D eigenvalue weighted by Crippen LogP contribution is 2.18. The molecule has 0 spiro atoms. The van der Waals surface area contributed by atoms with Crippen LogP contribution in [0.15, 0.2) is 24.3 Å². The first-order valence-corrected chi connectivity index (χ1v) is 7.27. The third kappa shape index (κ3) is 4.59. The van der Waals surface area contributed by atoms with Crippen molar-refractivity contribution in [2.45, 2.75) is 18.9 Å². The number of amides is 1. The summed E-state index contributed by atoms with van der Waals surface area (Å²) in [6.07, 6.45) is 2.24. The van der Waals surface area contributed by atoms with Crippen LogP contribution < -0.4 is 11.1 Å². The molecule has 0 radical (unpaired) electrons. The number of anilines is 1. The van der Waals surface area contributed by atoms with E-state index in [1.165, 1.54) is 0 Å². The Kier molecular flexibility index (Phi) is 7.06. The average Bonchev–Trinajstić information content (AvgIpc) is 2.79. The fourth-order valence-electron chi connectivity index (χ4n) is 2.31. The summed E-state index contributed by atoms with van der Waals surface area (Å²) >= 11 is 2.22. The molecule has 3 N–H and O–H groups in total. The predicted octanol–water partition coefficient (Wildman–Crippen LogP) is 2.07. The van der Waals surface area contributed by atoms with E-state index < -0.39 is 0 Å². The molecule has 1 amide bonds. The van der Waals surface area contributed by atoms with Crippen molar-refractivity contribution in [2.75, 3.05) is 25.0 Å². The zero-order valence-electron chi connectivity index (χ0n) is 10.6. The van der Waals surface area contributed by atoms with Crippen LogP contribution >= 0.6 is 35.0 Å². The van der Waals surface area contributed by atoms with E-state index in [9.17, 15) is 4.79 Å². The second-order valence-corrected chi connectivity index (χ2v) is 5.69. The number of carbonyl (C=O) groups excluding carboxylic acids is 1. The number of nitrogens with one attached hydrogen (secondary N) is 1. The fraction of sp³-hybridized carbons (Fsp3) is 0.462. The molecule has 0 bridgehead atoms. The Morgan fingerprint density at radius 3 is 2.89 bits per heavy atom. The number of likely N-dealkylation sites (tertiary alicyclic amines) is 1. The smallest absolute Gasteiger partial charge is 0.238 e. The van der Waals surface area contributed by atoms with E-state index >= 15 is 0 Å². The molecule has 2 rings (SSSR count). The molecule has 0 saturated carbocycles. The highest BCUT2D eigenvalue weighted by Gasteiger charge is 2.24. The maximum absolute atomic E-state index is 12.0. The second kappa shape index (κ2) is 8.04. The lowest BCUT2D eigenvalue weighted by Gasteiger charge is -2.22. The lowest BCUT2D eigenvalue weighted by Crippen LogP contribution is -2.40. The van der Waals surface area contributed by atoms with Gasteiger partial charge in [0.15, 0.2) is 0 Å². The number of benzene rings is 1. The summed E-state index contributed by atoms with van der Waals surface area (Å²) in [5.41, 5.74) is 6.58. The van der Waals surface area contributed by atoms with E-state index in [2.05, 4.69) is 32.8 Å². The van der Waals surface area contributed by atoms with Crippen molar-refractivity contribution in [1.82, 2.24) is 4.90 Å². The number of nitrogens with two attached hydrogens (primary N) is 1. The van der Waals surface area contributed by atoms with Gasteiger partial charge in [0, 0.05) is 16.2 Å². The van der Waals surface area contributed by atoms with Gasteiger partial charge in [-0.3, -0.25) is 9.69 Å². The maximum atomic E-state index is 12.0. The minimum absolute atomic E-state index is 0. The number of hydrogen-bond donors (Lipinski definition) is 2. The second-order valence-electron chi connectivity index (χ2n) is 4.53. The largest absolute Gasteiger partial charge is 0.329 e. The summed E-state index contributed by atoms with van der Waals surface area (Å²) in [6.45, 7) is 2.05. The van der Waals surface area contributed by atoms with Crippen LogP contribution in [0.5, 0.6) is 0 Å². The molecule has 106 valence electrons. The summed E-state index contributed by atoms with van der Waals surface area (Å²) in [6, 6.07) is 8.16. The monoisotopic (exact) mass is 395 g/mol. The zero-order chi connectivity index (χ0) is 13.0. The Labute approximate surface area is 133 Å². The molecule has 19 heavy (non-hydrogen) atoms. The van der Waals surface area contributed by atoms with Crippen LogP contribution in [-0.2, 0) is 4.79 Å². The number of carbonyl (C=O) groups is 1. The van der Waals surface area contributed by atoms with Gasteiger partial charge >= 0.3 is 0 Å². The molecule has 1 unspecified atom stereocenters. The summed E-state index contributed by atoms with van der Waals surface area (Å²) in [7, 11) is 0. The van der Waals surface area contributed by atoms with Gasteiger partial charge in [-0.05, 0) is 54.1 Å². The van der Waals surface area contributed by atoms with Gasteiger partial charge in [-0.1, -0.05) is 12.1 Å². The Morgan fingerprint density at radius 1 is 1.47 bits per heavy atom. The van der Waals surface area contributed by atoms with Crippen molar-refractivity contribution in [3.8, 4) is 0 Å². The first kappa shape index (κ1) is 16.7. The van der Waals surface area contributed by atoms with E-state index in [1.54, 1.807) is 0 Å². The maximum Gasteiger partial charge on any atom is 0.238 e. The average molecular weight is 396 g/mol. The third-order valence-electron chi connectivity index (χ3n) is 3.27. The lowest BCUT2D eigenvalue weighted by atomic mass is 10.2. The Balaban J connectivity index is 0.00000180. The van der Waals surface area contributed by atoms with Crippen molar-refractivity contribution >= 4 is 46.6 Å². The predicted molar refractivity (Wildman–Crippen MR) is 88.7 cm³/mol. The third-order valence-corrected chi connectivity index (χ3v) is 4.21. The standard InChI is InChI=1S/C13H18IN3O.ClH/c14-11-5-1-2-6-12(11)16-13(18)9-17-7-3-4-10(17)8-15;/h1-2,5-6,10H,3-4,7-9,15H2,(H,16,18);1H. The Hall–Kier alpha value is -0.370. The van der Waals surface area contributed by atoms with Crippen molar-refractivity contribution < 1.29 is 4.79 Å². The SMILES string of the molecule is Cl.NCC1CCCN1CC(=O)Nc1ccccc1I. The topological polar surface area (TPSA) is 58.4 Å². The van der Waals surface area contributed by atoms with Crippen LogP contribution in [0.3, 0.4) is 0 Å². The van der Waals surface area contributed by atoms with Crippen LogP contribution in [0.4, 0.5) is 5.69 Å². The van der Waals surface area contributed by atoms with Crippen molar-refractivity contribution in [1.29, 1.82) is 0 Å². The lowest BCUT2D eigenvalue weighted by molar-refractivity contribution is -0.117. The van der Waals surface area contributed by atoms with E-state index in [0.29, 0.717) is 19.1 Å². The molecule has 6 heteroatoms. The molecule has 1 aromatic carbocycles.